The number of carbonyl (C=O) groups is 1. The van der Waals surface area contributed by atoms with Gasteiger partial charge in [0.15, 0.2) is 9.84 Å². The summed E-state index contributed by atoms with van der Waals surface area (Å²) in [5.74, 6) is -0.424. The molecule has 1 aromatic rings. The molecule has 1 atom stereocenters. The molecule has 1 N–H and O–H groups in total. The van der Waals surface area contributed by atoms with Crippen molar-refractivity contribution in [1.82, 2.24) is 5.32 Å². The highest BCUT2D eigenvalue weighted by Crippen LogP contribution is 2.18. The number of hydrogen-bond donors (Lipinski definition) is 1. The van der Waals surface area contributed by atoms with Gasteiger partial charge in [0, 0.05) is 11.6 Å². The molecule has 104 valence electrons. The van der Waals surface area contributed by atoms with Gasteiger partial charge in [-0.15, -0.1) is 0 Å². The first-order valence-electron chi connectivity index (χ1n) is 6.19. The Labute approximate surface area is 118 Å². The highest BCUT2D eigenvalue weighted by molar-refractivity contribution is 7.91. The van der Waals surface area contributed by atoms with Gasteiger partial charge in [0.2, 0.25) is 5.91 Å². The Morgan fingerprint density at radius 1 is 1.32 bits per heavy atom. The van der Waals surface area contributed by atoms with E-state index in [0.29, 0.717) is 24.4 Å². The van der Waals surface area contributed by atoms with Gasteiger partial charge in [-0.1, -0.05) is 23.7 Å². The number of sulfone groups is 1. The second-order valence-electron chi connectivity index (χ2n) is 4.77. The standard InChI is InChI=1S/C13H16ClNO3S/c14-12-3-1-10(2-4-12)5-7-15-13(16)11-6-8-19(17,18)9-11/h1-4,11H,5-9H2,(H,15,16). The average Bonchev–Trinajstić information content (AvgIpc) is 2.72. The van der Waals surface area contributed by atoms with Gasteiger partial charge in [0.1, 0.15) is 0 Å². The number of benzene rings is 1. The van der Waals surface area contributed by atoms with Crippen LogP contribution in [0.15, 0.2) is 24.3 Å². The molecular formula is C13H16ClNO3S. The molecule has 19 heavy (non-hydrogen) atoms. The van der Waals surface area contributed by atoms with Crippen molar-refractivity contribution in [3.63, 3.8) is 0 Å². The first kappa shape index (κ1) is 14.3. The Morgan fingerprint density at radius 3 is 2.58 bits per heavy atom. The molecule has 1 saturated heterocycles. The molecule has 6 heteroatoms. The van der Waals surface area contributed by atoms with E-state index in [0.717, 1.165) is 5.56 Å². The van der Waals surface area contributed by atoms with E-state index in [-0.39, 0.29) is 23.3 Å². The van der Waals surface area contributed by atoms with Crippen LogP contribution in [-0.2, 0) is 21.1 Å². The maximum absolute atomic E-state index is 11.8. The van der Waals surface area contributed by atoms with Crippen molar-refractivity contribution in [2.45, 2.75) is 12.8 Å². The molecule has 1 aliphatic rings. The topological polar surface area (TPSA) is 63.2 Å². The van der Waals surface area contributed by atoms with E-state index in [1.54, 1.807) is 0 Å². The predicted octanol–water partition coefficient (Wildman–Crippen LogP) is 1.43. The van der Waals surface area contributed by atoms with Crippen molar-refractivity contribution in [1.29, 1.82) is 0 Å². The van der Waals surface area contributed by atoms with Crippen molar-refractivity contribution in [3.8, 4) is 0 Å². The number of hydrogen-bond acceptors (Lipinski definition) is 3. The first-order valence-corrected chi connectivity index (χ1v) is 8.39. The average molecular weight is 302 g/mol. The minimum Gasteiger partial charge on any atom is -0.356 e. The van der Waals surface area contributed by atoms with Crippen molar-refractivity contribution in [2.24, 2.45) is 5.92 Å². The lowest BCUT2D eigenvalue weighted by Crippen LogP contribution is -2.32. The zero-order valence-corrected chi connectivity index (χ0v) is 12.0. The highest BCUT2D eigenvalue weighted by atomic mass is 35.5. The fourth-order valence-corrected chi connectivity index (χ4v) is 3.99. The lowest BCUT2D eigenvalue weighted by Gasteiger charge is -2.09. The van der Waals surface area contributed by atoms with E-state index < -0.39 is 9.84 Å². The van der Waals surface area contributed by atoms with E-state index in [1.807, 2.05) is 24.3 Å². The summed E-state index contributed by atoms with van der Waals surface area (Å²) < 4.78 is 22.6. The molecule has 2 rings (SSSR count). The predicted molar refractivity (Wildman–Crippen MR) is 74.9 cm³/mol. The third-order valence-corrected chi connectivity index (χ3v) is 5.25. The van der Waals surface area contributed by atoms with Gasteiger partial charge >= 0.3 is 0 Å². The third kappa shape index (κ3) is 4.21. The smallest absolute Gasteiger partial charge is 0.224 e. The van der Waals surface area contributed by atoms with Crippen molar-refractivity contribution >= 4 is 27.3 Å². The van der Waals surface area contributed by atoms with Crippen LogP contribution in [0.25, 0.3) is 0 Å². The Balaban J connectivity index is 1.77. The summed E-state index contributed by atoms with van der Waals surface area (Å²) in [7, 11) is -3.00. The number of carbonyl (C=O) groups excluding carboxylic acids is 1. The number of halogens is 1. The Kier molecular flexibility index (Phi) is 4.47. The normalized spacial score (nSPS) is 21.2. The molecule has 0 bridgehead atoms. The van der Waals surface area contributed by atoms with Gasteiger partial charge < -0.3 is 5.32 Å². The first-order chi connectivity index (χ1) is 8.96. The molecule has 1 heterocycles. The molecule has 0 aliphatic carbocycles. The maximum Gasteiger partial charge on any atom is 0.224 e. The van der Waals surface area contributed by atoms with Gasteiger partial charge in [0.05, 0.1) is 17.4 Å². The summed E-state index contributed by atoms with van der Waals surface area (Å²) in [5, 5.41) is 3.47. The summed E-state index contributed by atoms with van der Waals surface area (Å²) in [6.07, 6.45) is 1.15. The fraction of sp³-hybridized carbons (Fsp3) is 0.462. The van der Waals surface area contributed by atoms with E-state index in [2.05, 4.69) is 5.32 Å². The van der Waals surface area contributed by atoms with Crippen LogP contribution < -0.4 is 5.32 Å². The molecule has 0 saturated carbocycles. The van der Waals surface area contributed by atoms with Crippen LogP contribution >= 0.6 is 11.6 Å². The largest absolute Gasteiger partial charge is 0.356 e. The maximum atomic E-state index is 11.8. The van der Waals surface area contributed by atoms with Crippen LogP contribution in [0.1, 0.15) is 12.0 Å². The SMILES string of the molecule is O=C(NCCc1ccc(Cl)cc1)C1CCS(=O)(=O)C1. The Hall–Kier alpha value is -1.07. The summed E-state index contributed by atoms with van der Waals surface area (Å²) in [6, 6.07) is 7.44. The van der Waals surface area contributed by atoms with Crippen molar-refractivity contribution in [3.05, 3.63) is 34.9 Å². The Bertz CT molecular complexity index is 554. The summed E-state index contributed by atoms with van der Waals surface area (Å²) in [6.45, 7) is 0.511. The molecule has 1 aliphatic heterocycles. The van der Waals surface area contributed by atoms with Crippen molar-refractivity contribution < 1.29 is 13.2 Å². The summed E-state index contributed by atoms with van der Waals surface area (Å²) in [4.78, 5) is 11.8. The van der Waals surface area contributed by atoms with Gasteiger partial charge in [-0.05, 0) is 30.5 Å². The number of amides is 1. The lowest BCUT2D eigenvalue weighted by molar-refractivity contribution is -0.124. The van der Waals surface area contributed by atoms with Gasteiger partial charge in [-0.3, -0.25) is 4.79 Å². The van der Waals surface area contributed by atoms with Crippen LogP contribution in [-0.4, -0.2) is 32.4 Å². The van der Waals surface area contributed by atoms with E-state index in [1.165, 1.54) is 0 Å². The monoisotopic (exact) mass is 301 g/mol. The van der Waals surface area contributed by atoms with Gasteiger partial charge in [0.25, 0.3) is 0 Å². The molecule has 4 nitrogen and oxygen atoms in total. The van der Waals surface area contributed by atoms with E-state index in [9.17, 15) is 13.2 Å². The molecule has 0 spiro atoms. The van der Waals surface area contributed by atoms with Crippen LogP contribution in [0.5, 0.6) is 0 Å². The lowest BCUT2D eigenvalue weighted by atomic mass is 10.1. The van der Waals surface area contributed by atoms with Gasteiger partial charge in [-0.2, -0.15) is 0 Å². The number of nitrogens with one attached hydrogen (secondary N) is 1. The Morgan fingerprint density at radius 2 is 2.00 bits per heavy atom. The van der Waals surface area contributed by atoms with Crippen LogP contribution in [0.3, 0.4) is 0 Å². The van der Waals surface area contributed by atoms with Crippen LogP contribution in [0, 0.1) is 5.92 Å². The molecule has 1 unspecified atom stereocenters. The van der Waals surface area contributed by atoms with Crippen LogP contribution in [0.2, 0.25) is 5.02 Å². The molecule has 1 aromatic carbocycles. The van der Waals surface area contributed by atoms with Crippen molar-refractivity contribution in [2.75, 3.05) is 18.1 Å². The van der Waals surface area contributed by atoms with E-state index >= 15 is 0 Å². The summed E-state index contributed by atoms with van der Waals surface area (Å²) in [5.41, 5.74) is 1.09. The van der Waals surface area contributed by atoms with Gasteiger partial charge in [-0.25, -0.2) is 8.42 Å². The van der Waals surface area contributed by atoms with E-state index in [4.69, 9.17) is 11.6 Å². The minimum absolute atomic E-state index is 0.0141. The highest BCUT2D eigenvalue weighted by Gasteiger charge is 2.32. The molecular weight excluding hydrogens is 286 g/mol. The fourth-order valence-electron chi connectivity index (χ4n) is 2.13. The molecule has 1 amide bonds. The second kappa shape index (κ2) is 5.92. The zero-order chi connectivity index (χ0) is 13.9. The quantitative estimate of drug-likeness (QED) is 0.915. The third-order valence-electron chi connectivity index (χ3n) is 3.23. The zero-order valence-electron chi connectivity index (χ0n) is 10.4. The molecule has 1 fully saturated rings. The second-order valence-corrected chi connectivity index (χ2v) is 7.43. The summed E-state index contributed by atoms with van der Waals surface area (Å²) >= 11 is 5.78. The van der Waals surface area contributed by atoms with Crippen LogP contribution in [0.4, 0.5) is 0 Å². The molecule has 0 radical (unpaired) electrons. The molecule has 0 aromatic heterocycles. The minimum atomic E-state index is -3.00. The number of rotatable bonds is 4.